The highest BCUT2D eigenvalue weighted by Crippen LogP contribution is 2.25. The van der Waals surface area contributed by atoms with E-state index in [2.05, 4.69) is 48.0 Å². The molecule has 0 bridgehead atoms. The van der Waals surface area contributed by atoms with Crippen molar-refractivity contribution in [3.63, 3.8) is 0 Å². The Kier molecular flexibility index (Phi) is 5.73. The molecule has 0 aliphatic heterocycles. The van der Waals surface area contributed by atoms with Gasteiger partial charge < -0.3 is 14.8 Å². The third-order valence-corrected chi connectivity index (χ3v) is 4.17. The van der Waals surface area contributed by atoms with E-state index in [0.717, 1.165) is 6.54 Å². The Morgan fingerprint density at radius 1 is 1.10 bits per heavy atom. The van der Waals surface area contributed by atoms with Crippen molar-refractivity contribution in [2.24, 2.45) is 0 Å². The van der Waals surface area contributed by atoms with Crippen LogP contribution in [-0.2, 0) is 16.0 Å². The molecule has 1 atom stereocenters. The molecule has 1 aromatic carbocycles. The van der Waals surface area contributed by atoms with Gasteiger partial charge in [0.15, 0.2) is 6.29 Å². The van der Waals surface area contributed by atoms with Gasteiger partial charge in [-0.25, -0.2) is 0 Å². The van der Waals surface area contributed by atoms with E-state index >= 15 is 0 Å². The first-order valence-corrected chi connectivity index (χ1v) is 7.54. The third kappa shape index (κ3) is 3.90. The normalized spacial score (nSPS) is 12.8. The molecule has 108 valence electrons. The highest BCUT2D eigenvalue weighted by atomic mass is 32.1. The Bertz CT molecular complexity index is 508. The molecule has 0 amide bonds. The zero-order valence-electron chi connectivity index (χ0n) is 12.1. The molecular formula is C16H21NO2S. The van der Waals surface area contributed by atoms with E-state index in [1.54, 1.807) is 25.6 Å². The summed E-state index contributed by atoms with van der Waals surface area (Å²) in [6, 6.07) is 12.8. The van der Waals surface area contributed by atoms with Crippen LogP contribution in [0.3, 0.4) is 0 Å². The zero-order valence-corrected chi connectivity index (χ0v) is 12.9. The number of methoxy groups -OCH3 is 2. The van der Waals surface area contributed by atoms with E-state index in [1.165, 1.54) is 16.0 Å². The third-order valence-electron chi connectivity index (χ3n) is 3.23. The van der Waals surface area contributed by atoms with Crippen LogP contribution in [0.5, 0.6) is 0 Å². The van der Waals surface area contributed by atoms with Crippen molar-refractivity contribution in [2.45, 2.75) is 25.8 Å². The van der Waals surface area contributed by atoms with Crippen molar-refractivity contribution >= 4 is 11.3 Å². The molecule has 0 radical (unpaired) electrons. The molecule has 0 saturated carbocycles. The second-order valence-electron chi connectivity index (χ2n) is 4.68. The van der Waals surface area contributed by atoms with Crippen LogP contribution in [0.25, 0.3) is 11.1 Å². The molecule has 2 rings (SSSR count). The van der Waals surface area contributed by atoms with Crippen LogP contribution < -0.4 is 5.32 Å². The molecule has 20 heavy (non-hydrogen) atoms. The predicted octanol–water partition coefficient (Wildman–Crippen LogP) is 3.51. The van der Waals surface area contributed by atoms with Gasteiger partial charge in [-0.3, -0.25) is 0 Å². The lowest BCUT2D eigenvalue weighted by Gasteiger charge is -2.21. The maximum atomic E-state index is 5.24. The van der Waals surface area contributed by atoms with Crippen molar-refractivity contribution in [1.82, 2.24) is 5.32 Å². The van der Waals surface area contributed by atoms with Gasteiger partial charge >= 0.3 is 0 Å². The Labute approximate surface area is 124 Å². The van der Waals surface area contributed by atoms with Gasteiger partial charge in [0.05, 0.1) is 6.04 Å². The van der Waals surface area contributed by atoms with Crippen molar-refractivity contribution in [2.75, 3.05) is 14.2 Å². The summed E-state index contributed by atoms with van der Waals surface area (Å²) < 4.78 is 10.5. The van der Waals surface area contributed by atoms with E-state index in [1.807, 2.05) is 6.07 Å². The van der Waals surface area contributed by atoms with Gasteiger partial charge in [0.25, 0.3) is 0 Å². The molecule has 0 aliphatic carbocycles. The number of nitrogens with one attached hydrogen (secondary N) is 1. The maximum absolute atomic E-state index is 5.24. The van der Waals surface area contributed by atoms with Crippen LogP contribution in [0.4, 0.5) is 0 Å². The van der Waals surface area contributed by atoms with Crippen LogP contribution in [0.15, 0.2) is 41.8 Å². The summed E-state index contributed by atoms with van der Waals surface area (Å²) in [5.41, 5.74) is 2.53. The lowest BCUT2D eigenvalue weighted by atomic mass is 10.1. The van der Waals surface area contributed by atoms with Crippen molar-refractivity contribution in [3.05, 3.63) is 46.7 Å². The topological polar surface area (TPSA) is 30.5 Å². The summed E-state index contributed by atoms with van der Waals surface area (Å²) in [5, 5.41) is 5.62. The van der Waals surface area contributed by atoms with Gasteiger partial charge in [0.1, 0.15) is 0 Å². The van der Waals surface area contributed by atoms with E-state index in [4.69, 9.17) is 9.47 Å². The quantitative estimate of drug-likeness (QED) is 0.792. The summed E-state index contributed by atoms with van der Waals surface area (Å²) in [5.74, 6) is 0. The van der Waals surface area contributed by atoms with Crippen LogP contribution in [0, 0.1) is 0 Å². The molecule has 1 N–H and O–H groups in total. The Balaban J connectivity index is 1.94. The van der Waals surface area contributed by atoms with Crippen LogP contribution in [0.1, 0.15) is 11.8 Å². The van der Waals surface area contributed by atoms with E-state index in [9.17, 15) is 0 Å². The minimum Gasteiger partial charge on any atom is -0.354 e. The van der Waals surface area contributed by atoms with Gasteiger partial charge in [-0.05, 0) is 29.5 Å². The fourth-order valence-corrected chi connectivity index (χ4v) is 2.96. The molecule has 2 aromatic rings. The minimum atomic E-state index is -0.219. The minimum absolute atomic E-state index is 0.146. The SMILES string of the molecule is COC(OC)C(C)NCc1cc(-c2ccccc2)cs1. The predicted molar refractivity (Wildman–Crippen MR) is 83.9 cm³/mol. The Hall–Kier alpha value is -1.20. The standard InChI is InChI=1S/C16H21NO2S/c1-12(16(18-2)19-3)17-10-15-9-14(11-20-15)13-7-5-4-6-8-13/h4-9,11-12,16-17H,10H2,1-3H3. The fourth-order valence-electron chi connectivity index (χ4n) is 2.12. The van der Waals surface area contributed by atoms with Crippen molar-refractivity contribution in [1.29, 1.82) is 0 Å². The second-order valence-corrected chi connectivity index (χ2v) is 5.67. The Morgan fingerprint density at radius 3 is 2.45 bits per heavy atom. The highest BCUT2D eigenvalue weighted by Gasteiger charge is 2.15. The molecular weight excluding hydrogens is 270 g/mol. The Morgan fingerprint density at radius 2 is 1.80 bits per heavy atom. The highest BCUT2D eigenvalue weighted by molar-refractivity contribution is 7.10. The lowest BCUT2D eigenvalue weighted by molar-refractivity contribution is -0.119. The molecule has 1 aromatic heterocycles. The van der Waals surface area contributed by atoms with E-state index in [-0.39, 0.29) is 12.3 Å². The molecule has 4 heteroatoms. The summed E-state index contributed by atoms with van der Waals surface area (Å²) in [6.07, 6.45) is -0.219. The van der Waals surface area contributed by atoms with E-state index in [0.29, 0.717) is 0 Å². The smallest absolute Gasteiger partial charge is 0.171 e. The maximum Gasteiger partial charge on any atom is 0.171 e. The number of hydrogen-bond acceptors (Lipinski definition) is 4. The molecule has 3 nitrogen and oxygen atoms in total. The summed E-state index contributed by atoms with van der Waals surface area (Å²) >= 11 is 1.77. The van der Waals surface area contributed by atoms with Crippen molar-refractivity contribution < 1.29 is 9.47 Å². The lowest BCUT2D eigenvalue weighted by Crippen LogP contribution is -2.39. The molecule has 1 unspecified atom stereocenters. The fraction of sp³-hybridized carbons (Fsp3) is 0.375. The van der Waals surface area contributed by atoms with Crippen molar-refractivity contribution in [3.8, 4) is 11.1 Å². The number of thiophene rings is 1. The number of ether oxygens (including phenoxy) is 2. The van der Waals surface area contributed by atoms with Gasteiger partial charge in [-0.1, -0.05) is 30.3 Å². The number of benzene rings is 1. The first-order chi connectivity index (χ1) is 9.74. The summed E-state index contributed by atoms with van der Waals surface area (Å²) in [4.78, 5) is 1.31. The number of rotatable bonds is 7. The second kappa shape index (κ2) is 7.55. The molecule has 0 saturated heterocycles. The summed E-state index contributed by atoms with van der Waals surface area (Å²) in [6.45, 7) is 2.88. The molecule has 1 heterocycles. The molecule has 0 aliphatic rings. The van der Waals surface area contributed by atoms with Gasteiger partial charge in [-0.2, -0.15) is 0 Å². The van der Waals surface area contributed by atoms with Crippen LogP contribution >= 0.6 is 11.3 Å². The van der Waals surface area contributed by atoms with Crippen LogP contribution in [-0.4, -0.2) is 26.6 Å². The molecule has 0 spiro atoms. The number of hydrogen-bond donors (Lipinski definition) is 1. The zero-order chi connectivity index (χ0) is 14.4. The summed E-state index contributed by atoms with van der Waals surface area (Å²) in [7, 11) is 3.32. The van der Waals surface area contributed by atoms with Gasteiger partial charge in [0.2, 0.25) is 0 Å². The first-order valence-electron chi connectivity index (χ1n) is 6.66. The monoisotopic (exact) mass is 291 g/mol. The van der Waals surface area contributed by atoms with Gasteiger partial charge in [-0.15, -0.1) is 11.3 Å². The van der Waals surface area contributed by atoms with Gasteiger partial charge in [0, 0.05) is 25.6 Å². The van der Waals surface area contributed by atoms with E-state index < -0.39 is 0 Å². The average Bonchev–Trinajstić information content (AvgIpc) is 2.96. The average molecular weight is 291 g/mol. The first kappa shape index (κ1) is 15.2. The largest absolute Gasteiger partial charge is 0.354 e. The molecule has 0 fully saturated rings. The van der Waals surface area contributed by atoms with Crippen LogP contribution in [0.2, 0.25) is 0 Å².